The van der Waals surface area contributed by atoms with Gasteiger partial charge in [0.05, 0.1) is 6.54 Å². The minimum atomic E-state index is -1.04. The van der Waals surface area contributed by atoms with Crippen LogP contribution in [0.15, 0.2) is 42.6 Å². The quantitative estimate of drug-likeness (QED) is 0.0698. The van der Waals surface area contributed by atoms with Gasteiger partial charge in [0, 0.05) is 55.2 Å². The Kier molecular flexibility index (Phi) is 12.7. The molecule has 0 unspecified atom stereocenters. The van der Waals surface area contributed by atoms with Gasteiger partial charge in [-0.15, -0.1) is 0 Å². The molecular weight excluding hydrogens is 569 g/mol. The third-order valence-corrected chi connectivity index (χ3v) is 7.05. The largest absolute Gasteiger partial charge is 0.361 e. The minimum Gasteiger partial charge on any atom is -0.361 e. The number of rotatable bonds is 18. The first kappa shape index (κ1) is 33.6. The second kappa shape index (κ2) is 16.6. The number of aromatic amines is 1. The number of fused-ring (bicyclic) bond motifs is 1. The van der Waals surface area contributed by atoms with Crippen molar-refractivity contribution in [1.29, 1.82) is 0 Å². The van der Waals surface area contributed by atoms with E-state index in [4.69, 9.17) is 5.73 Å². The molecule has 1 aromatic heterocycles. The molecule has 2 aromatic rings. The van der Waals surface area contributed by atoms with Crippen LogP contribution in [-0.4, -0.2) is 90.7 Å². The number of nitrogens with one attached hydrogen (secondary N) is 5. The van der Waals surface area contributed by atoms with Crippen LogP contribution in [0.1, 0.15) is 44.1 Å². The molecule has 2 atom stereocenters. The highest BCUT2D eigenvalue weighted by Gasteiger charge is 2.28. The number of imide groups is 1. The molecule has 14 nitrogen and oxygen atoms in total. The molecule has 0 aliphatic carbocycles. The first-order valence-electron chi connectivity index (χ1n) is 14.5. The molecule has 1 aromatic carbocycles. The Morgan fingerprint density at radius 2 is 1.61 bits per heavy atom. The van der Waals surface area contributed by atoms with Gasteiger partial charge in [-0.25, -0.2) is 4.79 Å². The smallest absolute Gasteiger partial charge is 0.312 e. The number of unbranched alkanes of at least 4 members (excludes halogenated alkanes) is 2. The van der Waals surface area contributed by atoms with Gasteiger partial charge < -0.3 is 36.8 Å². The Balaban J connectivity index is 1.65. The summed E-state index contributed by atoms with van der Waals surface area (Å²) in [5.74, 6) is -2.24. The lowest BCUT2D eigenvalue weighted by molar-refractivity contribution is -0.137. The normalized spacial score (nSPS) is 13.9. The van der Waals surface area contributed by atoms with E-state index in [1.165, 1.54) is 20.0 Å². The van der Waals surface area contributed by atoms with E-state index in [-0.39, 0.29) is 62.3 Å². The molecule has 7 N–H and O–H groups in total. The maximum absolute atomic E-state index is 13.6. The number of hydrogen-bond donors (Lipinski definition) is 6. The SMILES string of the molecule is BC(=O)CNC(=O)[C@H](CCCNC(N)=O)NC(=O)[C@H](Cc1c[nH]c2ccccc12)NC(=O)CCCCCN1C(=O)C=CC1=O. The molecule has 0 fully saturated rings. The van der Waals surface area contributed by atoms with E-state index in [9.17, 15) is 33.6 Å². The summed E-state index contributed by atoms with van der Waals surface area (Å²) in [4.78, 5) is 89.5. The molecule has 0 saturated heterocycles. The molecule has 7 amide bonds. The number of urea groups is 1. The minimum absolute atomic E-state index is 0.110. The molecule has 44 heavy (non-hydrogen) atoms. The van der Waals surface area contributed by atoms with E-state index < -0.39 is 29.9 Å². The number of amides is 7. The number of nitrogens with zero attached hydrogens (tertiary/aromatic N) is 1. The van der Waals surface area contributed by atoms with E-state index in [2.05, 4.69) is 26.3 Å². The summed E-state index contributed by atoms with van der Waals surface area (Å²) in [6.45, 7) is 0.227. The van der Waals surface area contributed by atoms with Crippen LogP contribution in [0.2, 0.25) is 0 Å². The maximum atomic E-state index is 13.6. The van der Waals surface area contributed by atoms with Gasteiger partial charge >= 0.3 is 6.03 Å². The highest BCUT2D eigenvalue weighted by Crippen LogP contribution is 2.19. The number of carbonyl (C=O) groups is 7. The van der Waals surface area contributed by atoms with Crippen LogP contribution in [0.5, 0.6) is 0 Å². The molecular formula is C29H38BN7O7. The van der Waals surface area contributed by atoms with Crippen molar-refractivity contribution in [1.82, 2.24) is 31.2 Å². The lowest BCUT2D eigenvalue weighted by Crippen LogP contribution is -2.55. The fraction of sp³-hybridized carbons (Fsp3) is 0.414. The van der Waals surface area contributed by atoms with Crippen LogP contribution in [0.25, 0.3) is 10.9 Å². The van der Waals surface area contributed by atoms with Crippen LogP contribution in [0, 0.1) is 0 Å². The summed E-state index contributed by atoms with van der Waals surface area (Å²) < 4.78 is 0. The van der Waals surface area contributed by atoms with Crippen molar-refractivity contribution < 1.29 is 33.6 Å². The number of H-pyrrole nitrogens is 1. The summed E-state index contributed by atoms with van der Waals surface area (Å²) in [6.07, 6.45) is 6.51. The Morgan fingerprint density at radius 1 is 0.886 bits per heavy atom. The second-order valence-electron chi connectivity index (χ2n) is 10.6. The molecule has 3 rings (SSSR count). The van der Waals surface area contributed by atoms with Crippen molar-refractivity contribution in [3.8, 4) is 0 Å². The van der Waals surface area contributed by atoms with Gasteiger partial charge in [0.2, 0.25) is 17.7 Å². The Hall–Kier alpha value is -4.95. The molecule has 1 aliphatic rings. The average Bonchev–Trinajstić information content (AvgIpc) is 3.54. The molecule has 0 saturated carbocycles. The monoisotopic (exact) mass is 607 g/mol. The topological polar surface area (TPSA) is 213 Å². The van der Waals surface area contributed by atoms with Crippen molar-refractivity contribution >= 4 is 60.0 Å². The van der Waals surface area contributed by atoms with E-state index >= 15 is 0 Å². The van der Waals surface area contributed by atoms with Crippen LogP contribution >= 0.6 is 0 Å². The van der Waals surface area contributed by atoms with E-state index in [0.29, 0.717) is 25.7 Å². The Labute approximate surface area is 255 Å². The van der Waals surface area contributed by atoms with E-state index in [1.54, 1.807) is 6.20 Å². The average molecular weight is 607 g/mol. The predicted molar refractivity (Wildman–Crippen MR) is 164 cm³/mol. The lowest BCUT2D eigenvalue weighted by Gasteiger charge is -2.23. The number of primary amides is 1. The summed E-state index contributed by atoms with van der Waals surface area (Å²) >= 11 is 0. The summed E-state index contributed by atoms with van der Waals surface area (Å²) in [6, 6.07) is 4.74. The van der Waals surface area contributed by atoms with Crippen LogP contribution < -0.4 is 27.0 Å². The van der Waals surface area contributed by atoms with Gasteiger partial charge in [-0.05, 0) is 37.3 Å². The zero-order chi connectivity index (χ0) is 32.1. The predicted octanol–water partition coefficient (Wildman–Crippen LogP) is -1.11. The van der Waals surface area contributed by atoms with Gasteiger partial charge in [0.1, 0.15) is 17.8 Å². The first-order valence-corrected chi connectivity index (χ1v) is 14.5. The zero-order valence-electron chi connectivity index (χ0n) is 24.6. The summed E-state index contributed by atoms with van der Waals surface area (Å²) in [7, 11) is 1.32. The Morgan fingerprint density at radius 3 is 2.32 bits per heavy atom. The molecule has 234 valence electrons. The highest BCUT2D eigenvalue weighted by atomic mass is 16.2. The number of para-hydroxylation sites is 1. The number of benzene rings is 1. The van der Waals surface area contributed by atoms with Gasteiger partial charge in [0.25, 0.3) is 11.8 Å². The van der Waals surface area contributed by atoms with Gasteiger partial charge in [-0.2, -0.15) is 0 Å². The van der Waals surface area contributed by atoms with Crippen LogP contribution in [0.3, 0.4) is 0 Å². The van der Waals surface area contributed by atoms with Crippen LogP contribution in [0.4, 0.5) is 4.79 Å². The van der Waals surface area contributed by atoms with Crippen molar-refractivity contribution in [3.63, 3.8) is 0 Å². The summed E-state index contributed by atoms with van der Waals surface area (Å²) in [5, 5.41) is 11.3. The van der Waals surface area contributed by atoms with E-state index in [1.807, 2.05) is 24.3 Å². The third-order valence-electron chi connectivity index (χ3n) is 7.05. The van der Waals surface area contributed by atoms with Crippen molar-refractivity contribution in [2.24, 2.45) is 5.73 Å². The van der Waals surface area contributed by atoms with Crippen molar-refractivity contribution in [2.75, 3.05) is 19.6 Å². The highest BCUT2D eigenvalue weighted by molar-refractivity contribution is 6.58. The Bertz CT molecular complexity index is 1410. The molecule has 0 spiro atoms. The number of hydrogen-bond acceptors (Lipinski definition) is 7. The standard InChI is InChI=1S/C29H38BN7O7/c30-23(38)17-34-27(42)21(9-6-13-32-29(31)44)36-28(43)22(15-18-16-33-20-8-4-3-7-19(18)20)35-24(39)10-2-1-5-14-37-25(40)11-12-26(37)41/h3-4,7-8,11-12,16,21-22,33H,1-2,5-6,9-10,13-15,17,30H2,(H,34,42)(H,35,39)(H,36,43)(H3,31,32,44)/t21-,22-/m0/s1. The van der Waals surface area contributed by atoms with Gasteiger partial charge in [-0.1, -0.05) is 24.6 Å². The number of carbonyl (C=O) groups excluding carboxylic acids is 7. The molecule has 15 heteroatoms. The second-order valence-corrected chi connectivity index (χ2v) is 10.6. The van der Waals surface area contributed by atoms with Crippen LogP contribution in [-0.2, 0) is 35.2 Å². The molecule has 1 aliphatic heterocycles. The molecule has 0 bridgehead atoms. The number of nitrogens with two attached hydrogens (primary N) is 1. The third kappa shape index (κ3) is 10.4. The molecule has 0 radical (unpaired) electrons. The van der Waals surface area contributed by atoms with Crippen molar-refractivity contribution in [2.45, 2.75) is 57.0 Å². The van der Waals surface area contributed by atoms with Gasteiger partial charge in [-0.3, -0.25) is 28.9 Å². The summed E-state index contributed by atoms with van der Waals surface area (Å²) in [5.41, 5.74) is 6.49. The zero-order valence-corrected chi connectivity index (χ0v) is 24.6. The van der Waals surface area contributed by atoms with Crippen molar-refractivity contribution in [3.05, 3.63) is 48.2 Å². The fourth-order valence-electron chi connectivity index (χ4n) is 4.77. The first-order chi connectivity index (χ1) is 21.0. The van der Waals surface area contributed by atoms with Gasteiger partial charge in [0.15, 0.2) is 7.85 Å². The lowest BCUT2D eigenvalue weighted by atomic mass is 10.0. The molecule has 2 heterocycles. The van der Waals surface area contributed by atoms with E-state index in [0.717, 1.165) is 21.4 Å². The number of aromatic nitrogens is 1. The fourth-order valence-corrected chi connectivity index (χ4v) is 4.77. The maximum Gasteiger partial charge on any atom is 0.312 e.